The highest BCUT2D eigenvalue weighted by Crippen LogP contribution is 2.37. The molecule has 0 saturated heterocycles. The SMILES string of the molecule is CCOc1cc(CN)cc(Br)c1OCc1nncn1C. The molecule has 20 heavy (non-hydrogen) atoms. The largest absolute Gasteiger partial charge is 0.490 e. The van der Waals surface area contributed by atoms with Crippen LogP contribution in [0.3, 0.4) is 0 Å². The number of aromatic nitrogens is 3. The first kappa shape index (κ1) is 14.8. The lowest BCUT2D eigenvalue weighted by atomic mass is 10.2. The summed E-state index contributed by atoms with van der Waals surface area (Å²) >= 11 is 3.49. The number of aryl methyl sites for hydroxylation is 1. The van der Waals surface area contributed by atoms with E-state index in [9.17, 15) is 0 Å². The monoisotopic (exact) mass is 340 g/mol. The number of hydrogen-bond acceptors (Lipinski definition) is 5. The van der Waals surface area contributed by atoms with Gasteiger partial charge in [0.1, 0.15) is 12.9 Å². The number of nitrogens with zero attached hydrogens (tertiary/aromatic N) is 3. The summed E-state index contributed by atoms with van der Waals surface area (Å²) in [5.41, 5.74) is 6.64. The Labute approximate surface area is 126 Å². The van der Waals surface area contributed by atoms with Crippen LogP contribution in [-0.2, 0) is 20.2 Å². The minimum absolute atomic E-state index is 0.317. The van der Waals surface area contributed by atoms with E-state index in [-0.39, 0.29) is 0 Å². The molecular formula is C13H17BrN4O2. The van der Waals surface area contributed by atoms with Gasteiger partial charge in [0.25, 0.3) is 0 Å². The van der Waals surface area contributed by atoms with Gasteiger partial charge in [0.2, 0.25) is 0 Å². The highest BCUT2D eigenvalue weighted by molar-refractivity contribution is 9.10. The summed E-state index contributed by atoms with van der Waals surface area (Å²) in [6.45, 7) is 3.25. The first-order valence-corrected chi connectivity index (χ1v) is 7.06. The highest BCUT2D eigenvalue weighted by Gasteiger charge is 2.13. The Morgan fingerprint density at radius 3 is 2.75 bits per heavy atom. The summed E-state index contributed by atoms with van der Waals surface area (Å²) in [4.78, 5) is 0. The van der Waals surface area contributed by atoms with Crippen LogP contribution in [0.5, 0.6) is 11.5 Å². The molecule has 0 atom stereocenters. The Kier molecular flexibility index (Phi) is 4.97. The van der Waals surface area contributed by atoms with Crippen molar-refractivity contribution >= 4 is 15.9 Å². The van der Waals surface area contributed by atoms with Gasteiger partial charge in [0.05, 0.1) is 11.1 Å². The highest BCUT2D eigenvalue weighted by atomic mass is 79.9. The second kappa shape index (κ2) is 6.71. The van der Waals surface area contributed by atoms with Gasteiger partial charge in [-0.15, -0.1) is 10.2 Å². The van der Waals surface area contributed by atoms with Gasteiger partial charge in [0.15, 0.2) is 17.3 Å². The molecule has 2 rings (SSSR count). The maximum Gasteiger partial charge on any atom is 0.176 e. The number of benzene rings is 1. The maximum atomic E-state index is 5.81. The Hall–Kier alpha value is -1.60. The van der Waals surface area contributed by atoms with Crippen LogP contribution < -0.4 is 15.2 Å². The molecule has 0 aliphatic carbocycles. The third-order valence-corrected chi connectivity index (χ3v) is 3.34. The van der Waals surface area contributed by atoms with E-state index >= 15 is 0 Å². The summed E-state index contributed by atoms with van der Waals surface area (Å²) in [7, 11) is 1.87. The predicted molar refractivity (Wildman–Crippen MR) is 78.5 cm³/mol. The molecule has 0 amide bonds. The Morgan fingerprint density at radius 1 is 1.35 bits per heavy atom. The topological polar surface area (TPSA) is 75.2 Å². The fourth-order valence-electron chi connectivity index (χ4n) is 1.72. The van der Waals surface area contributed by atoms with E-state index in [1.54, 1.807) is 6.33 Å². The average molecular weight is 341 g/mol. The summed E-state index contributed by atoms with van der Waals surface area (Å²) in [5, 5.41) is 7.80. The third kappa shape index (κ3) is 3.29. The first-order chi connectivity index (χ1) is 9.65. The van der Waals surface area contributed by atoms with Gasteiger partial charge in [-0.25, -0.2) is 0 Å². The molecule has 0 radical (unpaired) electrons. The zero-order valence-corrected chi connectivity index (χ0v) is 13.1. The molecular weight excluding hydrogens is 324 g/mol. The van der Waals surface area contributed by atoms with Crippen molar-refractivity contribution in [2.45, 2.75) is 20.1 Å². The van der Waals surface area contributed by atoms with Crippen LogP contribution in [0.4, 0.5) is 0 Å². The molecule has 0 spiro atoms. The number of rotatable bonds is 6. The molecule has 2 N–H and O–H groups in total. The van der Waals surface area contributed by atoms with Gasteiger partial charge < -0.3 is 19.8 Å². The molecule has 7 heteroatoms. The van der Waals surface area contributed by atoms with Crippen molar-refractivity contribution in [3.05, 3.63) is 34.3 Å². The molecule has 0 aliphatic rings. The van der Waals surface area contributed by atoms with Crippen LogP contribution in [0.2, 0.25) is 0 Å². The molecule has 0 aliphatic heterocycles. The quantitative estimate of drug-likeness (QED) is 0.870. The lowest BCUT2D eigenvalue weighted by Gasteiger charge is -2.14. The second-order valence-electron chi connectivity index (χ2n) is 4.19. The molecule has 0 fully saturated rings. The molecule has 0 saturated carbocycles. The van der Waals surface area contributed by atoms with Crippen molar-refractivity contribution in [3.63, 3.8) is 0 Å². The van der Waals surface area contributed by atoms with Crippen molar-refractivity contribution < 1.29 is 9.47 Å². The third-order valence-electron chi connectivity index (χ3n) is 2.76. The molecule has 0 bridgehead atoms. The van der Waals surface area contributed by atoms with E-state index in [1.165, 1.54) is 0 Å². The standard InChI is InChI=1S/C13H17BrN4O2/c1-3-19-11-5-9(6-15)4-10(14)13(11)20-7-12-17-16-8-18(12)2/h4-5,8H,3,6-7,15H2,1-2H3. The number of nitrogens with two attached hydrogens (primary N) is 1. The van der Waals surface area contributed by atoms with Gasteiger partial charge in [-0.1, -0.05) is 0 Å². The normalized spacial score (nSPS) is 10.6. The van der Waals surface area contributed by atoms with Crippen molar-refractivity contribution in [1.82, 2.24) is 14.8 Å². The average Bonchev–Trinajstić information content (AvgIpc) is 2.83. The second-order valence-corrected chi connectivity index (χ2v) is 5.04. The number of halogens is 1. The van der Waals surface area contributed by atoms with Gasteiger partial charge in [-0.2, -0.15) is 0 Å². The van der Waals surface area contributed by atoms with Crippen LogP contribution in [0.15, 0.2) is 22.9 Å². The van der Waals surface area contributed by atoms with Crippen molar-refractivity contribution in [2.24, 2.45) is 12.8 Å². The lowest BCUT2D eigenvalue weighted by molar-refractivity contribution is 0.258. The zero-order chi connectivity index (χ0) is 14.5. The van der Waals surface area contributed by atoms with Crippen LogP contribution in [0.1, 0.15) is 18.3 Å². The van der Waals surface area contributed by atoms with Gasteiger partial charge in [-0.05, 0) is 40.5 Å². The summed E-state index contributed by atoms with van der Waals surface area (Å²) in [5.74, 6) is 2.05. The summed E-state index contributed by atoms with van der Waals surface area (Å²) in [6, 6.07) is 3.81. The molecule has 0 unspecified atom stereocenters. The summed E-state index contributed by atoms with van der Waals surface area (Å²) < 4.78 is 14.0. The summed E-state index contributed by atoms with van der Waals surface area (Å²) in [6.07, 6.45) is 1.63. The first-order valence-electron chi connectivity index (χ1n) is 6.26. The molecule has 1 aromatic heterocycles. The van der Waals surface area contributed by atoms with E-state index in [2.05, 4.69) is 26.1 Å². The van der Waals surface area contributed by atoms with Crippen LogP contribution in [-0.4, -0.2) is 21.4 Å². The number of hydrogen-bond donors (Lipinski definition) is 1. The Balaban J connectivity index is 2.23. The van der Waals surface area contributed by atoms with E-state index in [0.717, 1.165) is 15.9 Å². The zero-order valence-electron chi connectivity index (χ0n) is 11.5. The van der Waals surface area contributed by atoms with Crippen molar-refractivity contribution in [2.75, 3.05) is 6.61 Å². The van der Waals surface area contributed by atoms with Gasteiger partial charge in [0, 0.05) is 13.6 Å². The van der Waals surface area contributed by atoms with E-state index in [1.807, 2.05) is 30.7 Å². The van der Waals surface area contributed by atoms with Gasteiger partial charge in [-0.3, -0.25) is 0 Å². The van der Waals surface area contributed by atoms with Crippen molar-refractivity contribution in [1.29, 1.82) is 0 Å². The fraction of sp³-hybridized carbons (Fsp3) is 0.385. The molecule has 2 aromatic rings. The molecule has 108 valence electrons. The van der Waals surface area contributed by atoms with Crippen molar-refractivity contribution in [3.8, 4) is 11.5 Å². The Morgan fingerprint density at radius 2 is 2.15 bits per heavy atom. The van der Waals surface area contributed by atoms with Crippen LogP contribution in [0, 0.1) is 0 Å². The van der Waals surface area contributed by atoms with E-state index < -0.39 is 0 Å². The number of ether oxygens (including phenoxy) is 2. The fourth-order valence-corrected chi connectivity index (χ4v) is 2.32. The van der Waals surface area contributed by atoms with E-state index in [4.69, 9.17) is 15.2 Å². The maximum absolute atomic E-state index is 5.81. The van der Waals surface area contributed by atoms with E-state index in [0.29, 0.717) is 31.3 Å². The minimum atomic E-state index is 0.317. The Bertz CT molecular complexity index is 586. The van der Waals surface area contributed by atoms with Crippen LogP contribution in [0.25, 0.3) is 0 Å². The molecule has 6 nitrogen and oxygen atoms in total. The van der Waals surface area contributed by atoms with Gasteiger partial charge >= 0.3 is 0 Å². The molecule has 1 aromatic carbocycles. The van der Waals surface area contributed by atoms with Crippen LogP contribution >= 0.6 is 15.9 Å². The smallest absolute Gasteiger partial charge is 0.176 e. The predicted octanol–water partition coefficient (Wildman–Crippen LogP) is 2.01. The lowest BCUT2D eigenvalue weighted by Crippen LogP contribution is -2.06. The molecule has 1 heterocycles. The minimum Gasteiger partial charge on any atom is -0.490 e.